The molecule has 3 fully saturated rings. The number of piperidine rings is 1. The smallest absolute Gasteiger partial charge is 0.269 e. The van der Waals surface area contributed by atoms with Crippen LogP contribution in [-0.4, -0.2) is 55.5 Å². The zero-order chi connectivity index (χ0) is 24.3. The molecule has 0 unspecified atom stereocenters. The predicted octanol–water partition coefficient (Wildman–Crippen LogP) is 1.75. The summed E-state index contributed by atoms with van der Waals surface area (Å²) in [5.74, 6) is -0.184. The number of hydrogen-bond donors (Lipinski definition) is 2. The van der Waals surface area contributed by atoms with Crippen LogP contribution in [0.15, 0.2) is 42.6 Å². The van der Waals surface area contributed by atoms with Crippen molar-refractivity contribution < 1.29 is 14.4 Å². The lowest BCUT2D eigenvalue weighted by Crippen LogP contribution is -2.49. The third-order valence-electron chi connectivity index (χ3n) is 7.61. The van der Waals surface area contributed by atoms with Gasteiger partial charge in [0.25, 0.3) is 5.91 Å². The van der Waals surface area contributed by atoms with Crippen LogP contribution in [0.5, 0.6) is 0 Å². The van der Waals surface area contributed by atoms with Crippen LogP contribution < -0.4 is 11.1 Å². The van der Waals surface area contributed by atoms with E-state index in [9.17, 15) is 14.4 Å². The van der Waals surface area contributed by atoms with Crippen molar-refractivity contribution in [3.8, 4) is 0 Å². The number of likely N-dealkylation sites (tertiary alicyclic amines) is 1. The van der Waals surface area contributed by atoms with E-state index < -0.39 is 11.9 Å². The first-order chi connectivity index (χ1) is 16.9. The number of nitrogens with one attached hydrogen (secondary N) is 1. The molecule has 2 aliphatic carbocycles. The van der Waals surface area contributed by atoms with Gasteiger partial charge in [0.1, 0.15) is 12.6 Å². The van der Waals surface area contributed by atoms with Crippen molar-refractivity contribution in [3.05, 3.63) is 59.5 Å². The molecule has 9 heteroatoms. The van der Waals surface area contributed by atoms with E-state index in [1.54, 1.807) is 17.2 Å². The van der Waals surface area contributed by atoms with Crippen LogP contribution in [0.1, 0.15) is 53.8 Å². The maximum absolute atomic E-state index is 13.4. The summed E-state index contributed by atoms with van der Waals surface area (Å²) in [5.41, 5.74) is 8.31. The minimum absolute atomic E-state index is 0.0694. The Balaban J connectivity index is 1.19. The number of nitrogens with zero attached hydrogens (tertiary/aromatic N) is 4. The maximum Gasteiger partial charge on any atom is 0.269 e. The molecule has 6 rings (SSSR count). The van der Waals surface area contributed by atoms with Gasteiger partial charge in [0, 0.05) is 29.1 Å². The Morgan fingerprint density at radius 2 is 1.94 bits per heavy atom. The van der Waals surface area contributed by atoms with Crippen LogP contribution >= 0.6 is 0 Å². The lowest BCUT2D eigenvalue weighted by molar-refractivity contribution is -0.140. The number of rotatable bonds is 7. The van der Waals surface area contributed by atoms with Gasteiger partial charge in [-0.25, -0.2) is 0 Å². The van der Waals surface area contributed by atoms with Crippen LogP contribution in [0.3, 0.4) is 0 Å². The summed E-state index contributed by atoms with van der Waals surface area (Å²) < 4.78 is 1.49. The summed E-state index contributed by atoms with van der Waals surface area (Å²) >= 11 is 0. The third kappa shape index (κ3) is 3.84. The Kier molecular flexibility index (Phi) is 5.09. The second-order valence-electron chi connectivity index (χ2n) is 9.90. The Morgan fingerprint density at radius 3 is 2.69 bits per heavy atom. The molecule has 2 aromatic heterocycles. The van der Waals surface area contributed by atoms with Gasteiger partial charge in [-0.2, -0.15) is 5.10 Å². The summed E-state index contributed by atoms with van der Waals surface area (Å²) in [6.45, 7) is 1.90. The van der Waals surface area contributed by atoms with Crippen LogP contribution in [0.2, 0.25) is 0 Å². The summed E-state index contributed by atoms with van der Waals surface area (Å²) in [6, 6.07) is 11.7. The summed E-state index contributed by atoms with van der Waals surface area (Å²) in [5, 5.41) is 8.10. The van der Waals surface area contributed by atoms with E-state index in [4.69, 9.17) is 5.73 Å². The highest BCUT2D eigenvalue weighted by Crippen LogP contribution is 2.48. The van der Waals surface area contributed by atoms with Crippen LogP contribution in [0.25, 0.3) is 10.9 Å². The van der Waals surface area contributed by atoms with Crippen molar-refractivity contribution in [2.75, 3.05) is 0 Å². The molecule has 180 valence electrons. The van der Waals surface area contributed by atoms with Crippen molar-refractivity contribution in [1.82, 2.24) is 25.0 Å². The molecule has 9 nitrogen and oxygen atoms in total. The number of primary amides is 1. The molecule has 3 heterocycles. The van der Waals surface area contributed by atoms with Gasteiger partial charge < -0.3 is 16.0 Å². The monoisotopic (exact) mass is 472 g/mol. The van der Waals surface area contributed by atoms with E-state index in [1.165, 1.54) is 10.2 Å². The molecule has 3 amide bonds. The fourth-order valence-electron chi connectivity index (χ4n) is 5.57. The molecule has 3 N–H and O–H groups in total. The minimum atomic E-state index is -0.646. The molecule has 2 saturated carbocycles. The van der Waals surface area contributed by atoms with E-state index in [-0.39, 0.29) is 36.1 Å². The molecule has 0 bridgehead atoms. The standard InChI is InChI=1S/C26H28N6O3/c1-2-16-10-18-22(12-28-16)31(30-24(18)25(27)34)13-23(33)32-20-8-15(20)9-21(32)26(35)29-19-11-17(19)14-6-4-3-5-7-14/h3-7,10,12,15,17,19-21H,2,8-9,11,13H2,1H3,(H2,27,34)(H,29,35)/t15-,17+,19-,20-,21+/m1/s1. The van der Waals surface area contributed by atoms with Gasteiger partial charge in [-0.05, 0) is 43.2 Å². The molecule has 1 saturated heterocycles. The number of carbonyl (C=O) groups is 3. The van der Waals surface area contributed by atoms with Crippen molar-refractivity contribution in [3.63, 3.8) is 0 Å². The molecule has 1 aromatic carbocycles. The van der Waals surface area contributed by atoms with Crippen molar-refractivity contribution >= 4 is 28.6 Å². The second kappa shape index (κ2) is 8.18. The van der Waals surface area contributed by atoms with Gasteiger partial charge >= 0.3 is 0 Å². The lowest BCUT2D eigenvalue weighted by atomic mass is 10.1. The SMILES string of the molecule is CCc1cc2c(C(N)=O)nn(CC(=O)N3[C@@H]4C[C@@H]4C[C@H]3C(=O)N[C@@H]3C[C@H]3c3ccccc3)c2cn1. The molecule has 35 heavy (non-hydrogen) atoms. The summed E-state index contributed by atoms with van der Waals surface area (Å²) in [4.78, 5) is 44.8. The van der Waals surface area contributed by atoms with Gasteiger partial charge in [0.2, 0.25) is 11.8 Å². The lowest BCUT2D eigenvalue weighted by Gasteiger charge is -2.27. The normalized spacial score (nSPS) is 26.4. The van der Waals surface area contributed by atoms with Crippen LogP contribution in [-0.2, 0) is 22.6 Å². The largest absolute Gasteiger partial charge is 0.364 e. The number of benzene rings is 1. The first kappa shape index (κ1) is 21.8. The zero-order valence-corrected chi connectivity index (χ0v) is 19.6. The fraction of sp³-hybridized carbons (Fsp3) is 0.423. The van der Waals surface area contributed by atoms with Crippen molar-refractivity contribution in [2.24, 2.45) is 11.7 Å². The molecule has 0 radical (unpaired) electrons. The van der Waals surface area contributed by atoms with E-state index in [0.717, 1.165) is 18.5 Å². The molecule has 5 atom stereocenters. The van der Waals surface area contributed by atoms with Crippen molar-refractivity contribution in [2.45, 2.75) is 63.2 Å². The van der Waals surface area contributed by atoms with Crippen molar-refractivity contribution in [1.29, 1.82) is 0 Å². The van der Waals surface area contributed by atoms with Gasteiger partial charge in [-0.3, -0.25) is 24.0 Å². The van der Waals surface area contributed by atoms with Gasteiger partial charge in [-0.15, -0.1) is 0 Å². The second-order valence-corrected chi connectivity index (χ2v) is 9.90. The highest BCUT2D eigenvalue weighted by molar-refractivity contribution is 6.04. The third-order valence-corrected chi connectivity index (χ3v) is 7.61. The number of carbonyl (C=O) groups excluding carboxylic acids is 3. The van der Waals surface area contributed by atoms with E-state index >= 15 is 0 Å². The Labute approximate surface area is 202 Å². The minimum Gasteiger partial charge on any atom is -0.364 e. The van der Waals surface area contributed by atoms with E-state index in [1.807, 2.05) is 25.1 Å². The fourth-order valence-corrected chi connectivity index (χ4v) is 5.57. The Morgan fingerprint density at radius 1 is 1.14 bits per heavy atom. The number of fused-ring (bicyclic) bond motifs is 2. The van der Waals surface area contributed by atoms with Gasteiger partial charge in [-0.1, -0.05) is 37.3 Å². The van der Waals surface area contributed by atoms with Crippen LogP contribution in [0, 0.1) is 5.92 Å². The van der Waals surface area contributed by atoms with Gasteiger partial charge in [0.05, 0.1) is 11.7 Å². The maximum atomic E-state index is 13.4. The first-order valence-electron chi connectivity index (χ1n) is 12.3. The number of pyridine rings is 1. The summed E-state index contributed by atoms with van der Waals surface area (Å²) in [7, 11) is 0. The number of hydrogen-bond acceptors (Lipinski definition) is 5. The Hall–Kier alpha value is -3.75. The van der Waals surface area contributed by atoms with E-state index in [2.05, 4.69) is 27.5 Å². The molecular weight excluding hydrogens is 444 g/mol. The number of aromatic nitrogens is 3. The van der Waals surface area contributed by atoms with E-state index in [0.29, 0.717) is 35.6 Å². The molecule has 3 aromatic rings. The highest BCUT2D eigenvalue weighted by atomic mass is 16.2. The summed E-state index contributed by atoms with van der Waals surface area (Å²) in [6.07, 6.45) is 4.88. The van der Waals surface area contributed by atoms with Gasteiger partial charge in [0.15, 0.2) is 5.69 Å². The number of aryl methyl sites for hydroxylation is 1. The zero-order valence-electron chi connectivity index (χ0n) is 19.6. The molecule has 0 spiro atoms. The predicted molar refractivity (Wildman–Crippen MR) is 128 cm³/mol. The topological polar surface area (TPSA) is 123 Å². The Bertz CT molecular complexity index is 1340. The average molecular weight is 473 g/mol. The number of amides is 3. The number of nitrogens with two attached hydrogens (primary N) is 1. The molecule has 3 aliphatic rings. The van der Waals surface area contributed by atoms with Crippen LogP contribution in [0.4, 0.5) is 0 Å². The molecular formula is C26H28N6O3. The highest BCUT2D eigenvalue weighted by Gasteiger charge is 2.56. The molecule has 1 aliphatic heterocycles. The quantitative estimate of drug-likeness (QED) is 0.542. The first-order valence-corrected chi connectivity index (χ1v) is 12.3. The average Bonchev–Trinajstić information content (AvgIpc) is 3.74.